The number of aliphatic carboxylic acids is 1. The summed E-state index contributed by atoms with van der Waals surface area (Å²) in [4.78, 5) is 11.7. The zero-order valence-electron chi connectivity index (χ0n) is 17.9. The second-order valence-electron chi connectivity index (χ2n) is 8.47. The minimum absolute atomic E-state index is 0.0404. The topological polar surface area (TPSA) is 83.9 Å². The van der Waals surface area contributed by atoms with Crippen molar-refractivity contribution in [3.63, 3.8) is 0 Å². The molecule has 0 saturated heterocycles. The zero-order chi connectivity index (χ0) is 23.3. The van der Waals surface area contributed by atoms with E-state index in [2.05, 4.69) is 0 Å². The predicted molar refractivity (Wildman–Crippen MR) is 119 cm³/mol. The van der Waals surface area contributed by atoms with E-state index in [0.29, 0.717) is 5.56 Å². The first-order valence-corrected chi connectivity index (χ1v) is 12.0. The van der Waals surface area contributed by atoms with Crippen LogP contribution in [0.2, 0.25) is 0 Å². The summed E-state index contributed by atoms with van der Waals surface area (Å²) in [6.07, 6.45) is -1.07. The van der Waals surface area contributed by atoms with Gasteiger partial charge in [-0.2, -0.15) is 4.31 Å². The first-order valence-electron chi connectivity index (χ1n) is 10.6. The van der Waals surface area contributed by atoms with Crippen LogP contribution < -0.4 is 4.74 Å². The third-order valence-electron chi connectivity index (χ3n) is 6.38. The monoisotopic (exact) mass is 467 g/mol. The molecule has 2 unspecified atom stereocenters. The number of para-hydroxylation sites is 1. The minimum Gasteiger partial charge on any atom is -0.483 e. The summed E-state index contributed by atoms with van der Waals surface area (Å²) >= 11 is 0. The van der Waals surface area contributed by atoms with Crippen LogP contribution in [-0.2, 0) is 21.4 Å². The maximum absolute atomic E-state index is 15.1. The van der Waals surface area contributed by atoms with Crippen molar-refractivity contribution in [2.75, 3.05) is 6.54 Å². The average molecular weight is 468 g/mol. The van der Waals surface area contributed by atoms with Crippen molar-refractivity contribution in [3.05, 3.63) is 94.3 Å². The molecule has 0 spiro atoms. The molecule has 0 fully saturated rings. The number of rotatable bonds is 2. The van der Waals surface area contributed by atoms with Gasteiger partial charge < -0.3 is 9.84 Å². The van der Waals surface area contributed by atoms with Gasteiger partial charge in [0.05, 0.1) is 13.0 Å². The van der Waals surface area contributed by atoms with Gasteiger partial charge in [0.2, 0.25) is 10.0 Å². The first-order chi connectivity index (χ1) is 15.7. The molecule has 0 saturated carbocycles. The molecule has 6 bridgehead atoms. The number of halogens is 1. The van der Waals surface area contributed by atoms with Gasteiger partial charge in [-0.1, -0.05) is 36.4 Å². The van der Waals surface area contributed by atoms with Crippen LogP contribution in [0, 0.1) is 12.7 Å². The molecule has 0 radical (unpaired) electrons. The van der Waals surface area contributed by atoms with Crippen molar-refractivity contribution in [1.29, 1.82) is 0 Å². The third kappa shape index (κ3) is 3.79. The van der Waals surface area contributed by atoms with E-state index in [9.17, 15) is 18.3 Å². The molecule has 2 aliphatic rings. The largest absolute Gasteiger partial charge is 0.483 e. The van der Waals surface area contributed by atoms with Crippen LogP contribution in [0.4, 0.5) is 4.39 Å². The van der Waals surface area contributed by atoms with Crippen LogP contribution in [-0.4, -0.2) is 30.3 Å². The zero-order valence-corrected chi connectivity index (χ0v) is 18.7. The molecule has 0 amide bonds. The van der Waals surface area contributed by atoms with E-state index in [1.165, 1.54) is 16.4 Å². The van der Waals surface area contributed by atoms with Gasteiger partial charge in [-0.05, 0) is 53.4 Å². The Balaban J connectivity index is 1.79. The Morgan fingerprint density at radius 3 is 2.64 bits per heavy atom. The Labute approximate surface area is 191 Å². The highest BCUT2D eigenvalue weighted by Gasteiger charge is 2.37. The van der Waals surface area contributed by atoms with Gasteiger partial charge >= 0.3 is 5.97 Å². The van der Waals surface area contributed by atoms with Crippen molar-refractivity contribution < 1.29 is 27.4 Å². The van der Waals surface area contributed by atoms with E-state index < -0.39 is 33.8 Å². The Morgan fingerprint density at radius 2 is 1.85 bits per heavy atom. The number of carbonyl (C=O) groups is 1. The van der Waals surface area contributed by atoms with Crippen LogP contribution in [0.1, 0.15) is 46.3 Å². The van der Waals surface area contributed by atoms with Crippen molar-refractivity contribution in [2.45, 2.75) is 36.8 Å². The summed E-state index contributed by atoms with van der Waals surface area (Å²) in [7, 11) is -3.92. The second-order valence-corrected chi connectivity index (χ2v) is 10.4. The summed E-state index contributed by atoms with van der Waals surface area (Å²) in [5.41, 5.74) is 3.23. The quantitative estimate of drug-likeness (QED) is 0.605. The van der Waals surface area contributed by atoms with E-state index in [1.54, 1.807) is 30.3 Å². The number of hydrogen-bond donors (Lipinski definition) is 1. The molecule has 0 aromatic heterocycles. The van der Waals surface area contributed by atoms with Gasteiger partial charge in [0.1, 0.15) is 22.6 Å². The molecule has 5 rings (SSSR count). The molecule has 3 atom stereocenters. The SMILES string of the molecule is Cc1ccc2cc1CN1C[C@H](Oc3ccccc3S1(=O)=O)c1cc(ccc1F)C2CC(=O)O. The summed E-state index contributed by atoms with van der Waals surface area (Å²) < 4.78 is 49.6. The molecular weight excluding hydrogens is 445 g/mol. The first kappa shape index (κ1) is 21.6. The summed E-state index contributed by atoms with van der Waals surface area (Å²) in [5.74, 6) is -1.86. The van der Waals surface area contributed by atoms with Gasteiger partial charge in [0, 0.05) is 18.0 Å². The lowest BCUT2D eigenvalue weighted by molar-refractivity contribution is -0.137. The van der Waals surface area contributed by atoms with E-state index in [1.807, 2.05) is 25.1 Å². The number of ether oxygens (including phenoxy) is 1. The fraction of sp³-hybridized carbons (Fsp3) is 0.240. The van der Waals surface area contributed by atoms with Crippen molar-refractivity contribution in [2.24, 2.45) is 0 Å². The second kappa shape index (κ2) is 7.97. The molecule has 2 aliphatic heterocycles. The molecular formula is C25H22FNO5S. The number of carboxylic acid groups (broad SMARTS) is 1. The number of nitrogens with zero attached hydrogens (tertiary/aromatic N) is 1. The number of hydrogen-bond acceptors (Lipinski definition) is 4. The smallest absolute Gasteiger partial charge is 0.304 e. The highest BCUT2D eigenvalue weighted by Crippen LogP contribution is 2.40. The van der Waals surface area contributed by atoms with Crippen LogP contribution in [0.25, 0.3) is 0 Å². The number of fused-ring (bicyclic) bond motifs is 8. The van der Waals surface area contributed by atoms with E-state index >= 15 is 4.39 Å². The van der Waals surface area contributed by atoms with E-state index in [4.69, 9.17) is 4.74 Å². The Hall–Kier alpha value is -3.23. The Bertz CT molecular complexity index is 1370. The summed E-state index contributed by atoms with van der Waals surface area (Å²) in [5, 5.41) is 9.56. The fourth-order valence-corrected chi connectivity index (χ4v) is 6.12. The third-order valence-corrected chi connectivity index (χ3v) is 8.23. The number of carboxylic acids is 1. The van der Waals surface area contributed by atoms with Crippen molar-refractivity contribution in [3.8, 4) is 5.75 Å². The maximum Gasteiger partial charge on any atom is 0.304 e. The van der Waals surface area contributed by atoms with E-state index in [-0.39, 0.29) is 35.7 Å². The lowest BCUT2D eigenvalue weighted by Gasteiger charge is -2.24. The van der Waals surface area contributed by atoms with E-state index in [0.717, 1.165) is 16.7 Å². The fourth-order valence-electron chi connectivity index (χ4n) is 4.58. The number of aryl methyl sites for hydroxylation is 1. The molecule has 3 aromatic carbocycles. The lowest BCUT2D eigenvalue weighted by Crippen LogP contribution is -2.34. The molecule has 0 aliphatic carbocycles. The van der Waals surface area contributed by atoms with Crippen LogP contribution in [0.15, 0.2) is 65.6 Å². The standard InChI is InChI=1S/C25H22FNO5S/c1-15-6-7-16-10-18(15)13-27-14-23(32-22-4-2-3-5-24(22)33(27,30)31)20-11-17(8-9-21(20)26)19(16)12-25(28)29/h2-11,19,23H,12-14H2,1H3,(H,28,29)/t19?,23-/m0/s1. The summed E-state index contributed by atoms with van der Waals surface area (Å²) in [6.45, 7) is 1.87. The van der Waals surface area contributed by atoms with Crippen molar-refractivity contribution in [1.82, 2.24) is 4.31 Å². The normalized spacial score (nSPS) is 22.8. The molecule has 33 heavy (non-hydrogen) atoms. The molecule has 1 N–H and O–H groups in total. The molecule has 3 aromatic rings. The van der Waals surface area contributed by atoms with Crippen LogP contribution in [0.5, 0.6) is 5.75 Å². The maximum atomic E-state index is 15.1. The minimum atomic E-state index is -3.92. The van der Waals surface area contributed by atoms with Gasteiger partial charge in [0.15, 0.2) is 0 Å². The van der Waals surface area contributed by atoms with Crippen LogP contribution in [0.3, 0.4) is 0 Å². The van der Waals surface area contributed by atoms with Gasteiger partial charge in [-0.15, -0.1) is 0 Å². The molecule has 170 valence electrons. The average Bonchev–Trinajstić information content (AvgIpc) is 2.89. The number of sulfonamides is 1. The number of benzene rings is 3. The van der Waals surface area contributed by atoms with Crippen LogP contribution >= 0.6 is 0 Å². The Morgan fingerprint density at radius 1 is 1.12 bits per heavy atom. The molecule has 6 nitrogen and oxygen atoms in total. The van der Waals surface area contributed by atoms with Crippen molar-refractivity contribution >= 4 is 16.0 Å². The Kier molecular flexibility index (Phi) is 5.22. The molecule has 2 heterocycles. The highest BCUT2D eigenvalue weighted by atomic mass is 32.2. The van der Waals surface area contributed by atoms with Gasteiger partial charge in [-0.3, -0.25) is 4.79 Å². The van der Waals surface area contributed by atoms with Gasteiger partial charge in [-0.25, -0.2) is 12.8 Å². The molecule has 8 heteroatoms. The summed E-state index contributed by atoms with van der Waals surface area (Å²) in [6, 6.07) is 16.4. The predicted octanol–water partition coefficient (Wildman–Crippen LogP) is 4.38. The lowest BCUT2D eigenvalue weighted by atomic mass is 9.86. The highest BCUT2D eigenvalue weighted by molar-refractivity contribution is 7.89. The van der Waals surface area contributed by atoms with Gasteiger partial charge in [0.25, 0.3) is 0 Å².